The zero-order valence-electron chi connectivity index (χ0n) is 14.2. The number of piperazine rings is 1. The van der Waals surface area contributed by atoms with Gasteiger partial charge in [-0.25, -0.2) is 0 Å². The summed E-state index contributed by atoms with van der Waals surface area (Å²) in [5.74, 6) is -0.0271. The van der Waals surface area contributed by atoms with Crippen LogP contribution in [0.2, 0.25) is 0 Å². The first-order valence-corrected chi connectivity index (χ1v) is 8.58. The van der Waals surface area contributed by atoms with E-state index < -0.39 is 0 Å². The van der Waals surface area contributed by atoms with Crippen molar-refractivity contribution in [2.75, 3.05) is 52.4 Å². The van der Waals surface area contributed by atoms with Crippen LogP contribution in [0.3, 0.4) is 0 Å². The summed E-state index contributed by atoms with van der Waals surface area (Å²) in [5, 5.41) is 19.9. The number of aromatic hydroxyl groups is 1. The number of benzene rings is 1. The largest absolute Gasteiger partial charge is 0.506 e. The summed E-state index contributed by atoms with van der Waals surface area (Å²) in [7, 11) is 0. The molecule has 0 atom stereocenters. The Morgan fingerprint density at radius 2 is 1.80 bits per heavy atom. The molecule has 134 valence electrons. The van der Waals surface area contributed by atoms with E-state index in [9.17, 15) is 9.90 Å². The van der Waals surface area contributed by atoms with Gasteiger partial charge in [-0.1, -0.05) is 12.1 Å². The summed E-state index contributed by atoms with van der Waals surface area (Å²) in [4.78, 5) is 23.7. The van der Waals surface area contributed by atoms with E-state index in [-0.39, 0.29) is 23.5 Å². The Bertz CT molecular complexity index is 794. The number of β-amino-alcohol motifs (C(OH)–C–C–N with tert-alkyl or cyclic N) is 1. The number of aromatic amines is 1. The molecule has 1 fully saturated rings. The van der Waals surface area contributed by atoms with Gasteiger partial charge in [0, 0.05) is 50.9 Å². The van der Waals surface area contributed by atoms with E-state index in [1.807, 2.05) is 12.1 Å². The van der Waals surface area contributed by atoms with Crippen molar-refractivity contribution in [2.24, 2.45) is 4.99 Å². The van der Waals surface area contributed by atoms with Gasteiger partial charge in [-0.05, 0) is 12.1 Å². The number of pyridine rings is 1. The minimum Gasteiger partial charge on any atom is -0.506 e. The number of H-pyrrole nitrogens is 1. The molecular formula is C18H24N4O3. The number of hydrogen-bond acceptors (Lipinski definition) is 6. The van der Waals surface area contributed by atoms with E-state index in [4.69, 9.17) is 5.11 Å². The Kier molecular flexibility index (Phi) is 5.80. The van der Waals surface area contributed by atoms with E-state index in [0.29, 0.717) is 17.4 Å². The van der Waals surface area contributed by atoms with Gasteiger partial charge in [-0.15, -0.1) is 0 Å². The number of nitrogens with zero attached hydrogens (tertiary/aromatic N) is 3. The predicted molar refractivity (Wildman–Crippen MR) is 98.7 cm³/mol. The van der Waals surface area contributed by atoms with Gasteiger partial charge in [0.15, 0.2) is 0 Å². The second-order valence-corrected chi connectivity index (χ2v) is 6.20. The summed E-state index contributed by atoms with van der Waals surface area (Å²) in [6.45, 7) is 6.14. The van der Waals surface area contributed by atoms with E-state index in [2.05, 4.69) is 19.8 Å². The summed E-state index contributed by atoms with van der Waals surface area (Å²) >= 11 is 0. The van der Waals surface area contributed by atoms with Gasteiger partial charge < -0.3 is 15.2 Å². The average Bonchev–Trinajstić information content (AvgIpc) is 2.62. The highest BCUT2D eigenvalue weighted by Crippen LogP contribution is 2.23. The molecule has 1 aromatic heterocycles. The van der Waals surface area contributed by atoms with Crippen molar-refractivity contribution in [3.8, 4) is 5.75 Å². The maximum absolute atomic E-state index is 12.1. The normalized spacial score (nSPS) is 16.8. The number of fused-ring (bicyclic) bond motifs is 1. The lowest BCUT2D eigenvalue weighted by molar-refractivity contribution is 0.115. The SMILES string of the molecule is O=c1[nH]c2ccccc2c(O)c1C=NCCN1CCN(CCO)CC1. The second kappa shape index (κ2) is 8.24. The Labute approximate surface area is 146 Å². The summed E-state index contributed by atoms with van der Waals surface area (Å²) in [6.07, 6.45) is 1.46. The van der Waals surface area contributed by atoms with Gasteiger partial charge in [0.05, 0.1) is 24.2 Å². The first kappa shape index (κ1) is 17.6. The quantitative estimate of drug-likeness (QED) is 0.654. The minimum absolute atomic E-state index is 0.0271. The zero-order chi connectivity index (χ0) is 17.6. The van der Waals surface area contributed by atoms with Crippen LogP contribution in [-0.4, -0.2) is 83.6 Å². The summed E-state index contributed by atoms with van der Waals surface area (Å²) in [5.41, 5.74) is 0.479. The van der Waals surface area contributed by atoms with Crippen LogP contribution in [0.25, 0.3) is 10.9 Å². The molecule has 0 saturated carbocycles. The molecule has 1 saturated heterocycles. The van der Waals surface area contributed by atoms with Crippen molar-refractivity contribution in [3.63, 3.8) is 0 Å². The minimum atomic E-state index is -0.336. The highest BCUT2D eigenvalue weighted by atomic mass is 16.3. The maximum Gasteiger partial charge on any atom is 0.261 e. The first-order chi connectivity index (χ1) is 12.2. The molecule has 0 radical (unpaired) electrons. The van der Waals surface area contributed by atoms with Crippen LogP contribution in [0.4, 0.5) is 0 Å². The molecule has 3 rings (SSSR count). The molecule has 0 amide bonds. The van der Waals surface area contributed by atoms with Crippen molar-refractivity contribution in [3.05, 3.63) is 40.2 Å². The molecule has 1 aromatic carbocycles. The number of aliphatic hydroxyl groups excluding tert-OH is 1. The lowest BCUT2D eigenvalue weighted by atomic mass is 10.1. The fraction of sp³-hybridized carbons (Fsp3) is 0.444. The van der Waals surface area contributed by atoms with Crippen LogP contribution in [0.15, 0.2) is 34.1 Å². The first-order valence-electron chi connectivity index (χ1n) is 8.58. The van der Waals surface area contributed by atoms with E-state index >= 15 is 0 Å². The molecule has 2 heterocycles. The van der Waals surface area contributed by atoms with Crippen LogP contribution < -0.4 is 5.56 Å². The van der Waals surface area contributed by atoms with E-state index in [1.54, 1.807) is 12.1 Å². The number of aliphatic hydroxyl groups is 1. The monoisotopic (exact) mass is 344 g/mol. The summed E-state index contributed by atoms with van der Waals surface area (Å²) < 4.78 is 0. The lowest BCUT2D eigenvalue weighted by Crippen LogP contribution is -2.47. The molecule has 0 spiro atoms. The van der Waals surface area contributed by atoms with Crippen molar-refractivity contribution < 1.29 is 10.2 Å². The molecule has 2 aromatic rings. The Morgan fingerprint density at radius 1 is 1.12 bits per heavy atom. The van der Waals surface area contributed by atoms with E-state index in [0.717, 1.165) is 39.3 Å². The Hall–Kier alpha value is -2.22. The molecule has 7 nitrogen and oxygen atoms in total. The third-order valence-electron chi connectivity index (χ3n) is 4.58. The zero-order valence-corrected chi connectivity index (χ0v) is 14.2. The van der Waals surface area contributed by atoms with Gasteiger partial charge in [0.25, 0.3) is 5.56 Å². The standard InChI is InChI=1S/C18H24N4O3/c23-12-11-22-9-7-21(8-10-22)6-5-19-13-15-17(24)14-3-1-2-4-16(14)20-18(15)25/h1-4,13,23H,5-12H2,(H2,20,24,25). The van der Waals surface area contributed by atoms with Gasteiger partial charge >= 0.3 is 0 Å². The Balaban J connectivity index is 1.58. The molecular weight excluding hydrogens is 320 g/mol. The van der Waals surface area contributed by atoms with Gasteiger partial charge in [-0.3, -0.25) is 19.6 Å². The van der Waals surface area contributed by atoms with Crippen LogP contribution in [0, 0.1) is 0 Å². The summed E-state index contributed by atoms with van der Waals surface area (Å²) in [6, 6.07) is 7.15. The smallest absolute Gasteiger partial charge is 0.261 e. The van der Waals surface area contributed by atoms with Crippen molar-refractivity contribution in [1.82, 2.24) is 14.8 Å². The predicted octanol–water partition coefficient (Wildman–Crippen LogP) is 0.263. The average molecular weight is 344 g/mol. The number of aliphatic imine (C=N–C) groups is 1. The number of rotatable bonds is 6. The number of aromatic nitrogens is 1. The van der Waals surface area contributed by atoms with Gasteiger partial charge in [0.1, 0.15) is 5.75 Å². The molecule has 1 aliphatic heterocycles. The molecule has 1 aliphatic rings. The number of para-hydroxylation sites is 1. The maximum atomic E-state index is 12.1. The Morgan fingerprint density at radius 3 is 2.52 bits per heavy atom. The van der Waals surface area contributed by atoms with Gasteiger partial charge in [0.2, 0.25) is 0 Å². The topological polar surface area (TPSA) is 92.2 Å². The highest BCUT2D eigenvalue weighted by molar-refractivity contribution is 5.94. The van der Waals surface area contributed by atoms with Gasteiger partial charge in [-0.2, -0.15) is 0 Å². The molecule has 0 unspecified atom stereocenters. The highest BCUT2D eigenvalue weighted by Gasteiger charge is 2.15. The third-order valence-corrected chi connectivity index (χ3v) is 4.58. The van der Waals surface area contributed by atoms with Crippen LogP contribution in [0.5, 0.6) is 5.75 Å². The number of hydrogen-bond donors (Lipinski definition) is 3. The third kappa shape index (κ3) is 4.25. The van der Waals surface area contributed by atoms with Crippen molar-refractivity contribution in [1.29, 1.82) is 0 Å². The molecule has 25 heavy (non-hydrogen) atoms. The van der Waals surface area contributed by atoms with Crippen LogP contribution in [0.1, 0.15) is 5.56 Å². The molecule has 3 N–H and O–H groups in total. The van der Waals surface area contributed by atoms with Crippen LogP contribution >= 0.6 is 0 Å². The molecule has 7 heteroatoms. The van der Waals surface area contributed by atoms with E-state index in [1.165, 1.54) is 6.21 Å². The molecule has 0 bridgehead atoms. The second-order valence-electron chi connectivity index (χ2n) is 6.20. The fourth-order valence-corrected chi connectivity index (χ4v) is 3.09. The lowest BCUT2D eigenvalue weighted by Gasteiger charge is -2.33. The van der Waals surface area contributed by atoms with Crippen molar-refractivity contribution >= 4 is 17.1 Å². The van der Waals surface area contributed by atoms with Crippen molar-refractivity contribution in [2.45, 2.75) is 0 Å². The fourth-order valence-electron chi connectivity index (χ4n) is 3.09. The number of nitrogens with one attached hydrogen (secondary N) is 1. The van der Waals surface area contributed by atoms with Crippen LogP contribution in [-0.2, 0) is 0 Å². The molecule has 0 aliphatic carbocycles.